The first kappa shape index (κ1) is 45.8. The topological polar surface area (TPSA) is 319 Å². The van der Waals surface area contributed by atoms with Crippen LogP contribution in [-0.2, 0) is 38.4 Å². The number of carbonyl (C=O) groups is 8. The summed E-state index contributed by atoms with van der Waals surface area (Å²) in [6, 6.07) is 9.00. The number of aromatic nitrogens is 1. The van der Waals surface area contributed by atoms with Crippen molar-refractivity contribution in [1.29, 1.82) is 0 Å². The van der Waals surface area contributed by atoms with Crippen LogP contribution in [0.25, 0.3) is 10.9 Å². The van der Waals surface area contributed by atoms with Crippen molar-refractivity contribution in [3.63, 3.8) is 0 Å². The van der Waals surface area contributed by atoms with Gasteiger partial charge in [-0.05, 0) is 32.0 Å². The Bertz CT molecular complexity index is 1080. The van der Waals surface area contributed by atoms with Gasteiger partial charge in [0.2, 0.25) is 31.5 Å². The minimum Gasteiger partial charge on any atom is -0.548 e. The maximum Gasteiger partial charge on any atom is 4.00 e. The second kappa shape index (κ2) is 30.7. The first-order chi connectivity index (χ1) is 20.2. The molecule has 0 spiro atoms. The average Bonchev–Trinajstić information content (AvgIpc) is 2.93. The molecule has 1 heterocycles. The number of aromatic hydroxyl groups is 1. The number of hydrogen-bond acceptors (Lipinski definition) is 15. The van der Waals surface area contributed by atoms with Gasteiger partial charge in [0.05, 0.1) is 61.7 Å². The molecule has 1 aromatic heterocycles. The van der Waals surface area contributed by atoms with Gasteiger partial charge in [0.25, 0.3) is 0 Å². The normalized spacial score (nSPS) is 8.43. The zero-order valence-electron chi connectivity index (χ0n) is 23.3. The minimum atomic E-state index is -1.29. The number of fused-ring (bicyclic) bond motifs is 1. The second-order valence-electron chi connectivity index (χ2n) is 7.14. The third kappa shape index (κ3) is 33.0. The molecule has 44 heavy (non-hydrogen) atoms. The Balaban J connectivity index is -0.000000240. The summed E-state index contributed by atoms with van der Waals surface area (Å²) in [4.78, 5) is 79.0. The van der Waals surface area contributed by atoms with Crippen LogP contribution in [0.4, 0.5) is 0 Å². The summed E-state index contributed by atoms with van der Waals surface area (Å²) in [6.07, 6.45) is 1.33. The number of aliphatic carboxylic acids is 4. The molecule has 4 amide bonds. The Morgan fingerprint density at radius 2 is 1.09 bits per heavy atom. The fourth-order valence-corrected chi connectivity index (χ4v) is 1.97. The molecule has 19 nitrogen and oxygen atoms in total. The maximum atomic E-state index is 9.43. The first-order valence-electron chi connectivity index (χ1n) is 11.5. The van der Waals surface area contributed by atoms with Crippen LogP contribution in [-0.4, -0.2) is 116 Å². The van der Waals surface area contributed by atoms with E-state index < -0.39 is 50.1 Å². The van der Waals surface area contributed by atoms with Gasteiger partial charge in [-0.2, -0.15) is 0 Å². The predicted molar refractivity (Wildman–Crippen MR) is 141 cm³/mol. The third-order valence-electron chi connectivity index (χ3n) is 3.36. The molecule has 0 bridgehead atoms. The molecule has 0 radical (unpaired) electrons. The Kier molecular flexibility index (Phi) is 32.0. The number of hydrogen-bond donors (Lipinski definition) is 5. The van der Waals surface area contributed by atoms with Gasteiger partial charge in [0.15, 0.2) is 0 Å². The monoisotopic (exact) mass is 731 g/mol. The summed E-state index contributed by atoms with van der Waals surface area (Å²) in [7, 11) is 0. The molecular weight excluding hydrogens is 701 g/mol. The van der Waals surface area contributed by atoms with Crippen molar-refractivity contribution >= 4 is 84.3 Å². The number of pyridine rings is 1. The van der Waals surface area contributed by atoms with Crippen LogP contribution in [0.3, 0.4) is 0 Å². The van der Waals surface area contributed by atoms with Crippen molar-refractivity contribution in [3.05, 3.63) is 30.3 Å². The fourth-order valence-electron chi connectivity index (χ4n) is 1.97. The molecule has 0 unspecified atom stereocenters. The van der Waals surface area contributed by atoms with Crippen molar-refractivity contribution in [2.45, 2.75) is 20.0 Å². The Labute approximate surface area is 266 Å². The van der Waals surface area contributed by atoms with Gasteiger partial charge in [-0.25, -0.2) is 4.98 Å². The standard InChI is InChI=1S/C12H13NO2.4C3H5NO3.Sn/c1-8(2)15-11-5-3-4-10-9(11)6-7-12(14)13-10;4*5-2-4-1-3(6)7;/h3-8H,1-2H3,(H,13,14);4*2H,1H2,(H,4,5)(H,6,7);/q;;;;;+4/p-4. The number of nitrogens with zero attached hydrogens (tertiary/aromatic N) is 1. The third-order valence-corrected chi connectivity index (χ3v) is 3.36. The maximum absolute atomic E-state index is 9.43. The van der Waals surface area contributed by atoms with Crippen LogP contribution < -0.4 is 46.4 Å². The quantitative estimate of drug-likeness (QED) is 0.0891. The summed E-state index contributed by atoms with van der Waals surface area (Å²) in [5, 5.41) is 55.5. The van der Waals surface area contributed by atoms with E-state index in [1.165, 1.54) is 0 Å². The predicted octanol–water partition coefficient (Wildman–Crippen LogP) is -7.72. The van der Waals surface area contributed by atoms with Crippen LogP contribution in [0.5, 0.6) is 11.6 Å². The van der Waals surface area contributed by atoms with E-state index in [0.717, 1.165) is 16.7 Å². The molecule has 0 saturated carbocycles. The van der Waals surface area contributed by atoms with Crippen molar-refractivity contribution in [2.75, 3.05) is 26.2 Å². The fraction of sp³-hybridized carbons (Fsp3) is 0.292. The van der Waals surface area contributed by atoms with Crippen molar-refractivity contribution in [1.82, 2.24) is 26.3 Å². The smallest absolute Gasteiger partial charge is 0.548 e. The SMILES string of the molecule is CC(C)Oc1cccc2nc(O)ccc12.O=CNCC(=O)[O-].O=CNCC(=O)[O-].O=CNCC(=O)[O-].O=CNCC(=O)[O-].[Sn+4]. The summed E-state index contributed by atoms with van der Waals surface area (Å²) in [5.74, 6) is -4.31. The van der Waals surface area contributed by atoms with Crippen LogP contribution in [0.2, 0.25) is 0 Å². The molecule has 0 saturated heterocycles. The van der Waals surface area contributed by atoms with Crippen LogP contribution in [0.1, 0.15) is 13.8 Å². The summed E-state index contributed by atoms with van der Waals surface area (Å²) in [5.41, 5.74) is 0.744. The van der Waals surface area contributed by atoms with E-state index in [1.54, 1.807) is 6.07 Å². The summed E-state index contributed by atoms with van der Waals surface area (Å²) in [6.45, 7) is 2.30. The van der Waals surface area contributed by atoms with Crippen LogP contribution in [0.15, 0.2) is 30.3 Å². The number of nitrogens with one attached hydrogen (secondary N) is 4. The zero-order chi connectivity index (χ0) is 33.6. The van der Waals surface area contributed by atoms with Gasteiger partial charge in [0.1, 0.15) is 5.75 Å². The summed E-state index contributed by atoms with van der Waals surface area (Å²) < 4.78 is 5.65. The molecule has 1 aromatic carbocycles. The molecule has 0 aliphatic carbocycles. The average molecular weight is 730 g/mol. The molecule has 2 aromatic rings. The van der Waals surface area contributed by atoms with Gasteiger partial charge >= 0.3 is 23.9 Å². The van der Waals surface area contributed by atoms with Gasteiger partial charge in [-0.1, -0.05) is 6.07 Å². The molecule has 5 N–H and O–H groups in total. The van der Waals surface area contributed by atoms with E-state index in [2.05, 4.69) is 4.98 Å². The molecule has 0 aliphatic heterocycles. The van der Waals surface area contributed by atoms with Crippen molar-refractivity contribution < 1.29 is 68.6 Å². The number of amides is 4. The van der Waals surface area contributed by atoms with Crippen molar-refractivity contribution in [3.8, 4) is 11.6 Å². The number of carboxylic acid groups (broad SMARTS) is 4. The van der Waals surface area contributed by atoms with E-state index in [-0.39, 0.29) is 35.9 Å². The minimum absolute atomic E-state index is 0. The number of benzene rings is 1. The van der Waals surface area contributed by atoms with E-state index in [1.807, 2.05) is 59.4 Å². The number of rotatable bonds is 14. The van der Waals surface area contributed by atoms with E-state index in [9.17, 15) is 63.9 Å². The van der Waals surface area contributed by atoms with Crippen LogP contribution >= 0.6 is 0 Å². The Morgan fingerprint density at radius 3 is 1.36 bits per heavy atom. The molecule has 0 atom stereocenters. The molecule has 2 rings (SSSR count). The molecule has 0 fully saturated rings. The van der Waals surface area contributed by atoms with Crippen LogP contribution in [0, 0.1) is 0 Å². The van der Waals surface area contributed by atoms with Gasteiger partial charge < -0.3 is 70.7 Å². The number of carbonyl (C=O) groups excluding carboxylic acids is 8. The van der Waals surface area contributed by atoms with Gasteiger partial charge in [0, 0.05) is 11.5 Å². The molecule has 20 heteroatoms. The molecular formula is C24H29N5O14Sn. The van der Waals surface area contributed by atoms with E-state index >= 15 is 0 Å². The number of carboxylic acids is 4. The zero-order valence-corrected chi connectivity index (χ0v) is 26.2. The molecule has 238 valence electrons. The van der Waals surface area contributed by atoms with Gasteiger partial charge in [-0.15, -0.1) is 0 Å². The van der Waals surface area contributed by atoms with E-state index in [4.69, 9.17) is 4.74 Å². The first-order valence-corrected chi connectivity index (χ1v) is 11.5. The van der Waals surface area contributed by atoms with Crippen molar-refractivity contribution in [2.24, 2.45) is 0 Å². The Morgan fingerprint density at radius 1 is 0.727 bits per heavy atom. The van der Waals surface area contributed by atoms with Gasteiger partial charge in [-0.3, -0.25) is 19.2 Å². The summed E-state index contributed by atoms with van der Waals surface area (Å²) >= 11 is 0. The van der Waals surface area contributed by atoms with E-state index in [0.29, 0.717) is 25.6 Å². The molecule has 0 aliphatic rings. The number of ether oxygens (including phenoxy) is 1. The Hall–Kier alpha value is -5.21. The largest absolute Gasteiger partial charge is 4.00 e. The second-order valence-corrected chi connectivity index (χ2v) is 7.14.